The normalized spacial score (nSPS) is 31.4. The predicted octanol–water partition coefficient (Wildman–Crippen LogP) is 2.17. The minimum Gasteiger partial charge on any atom is -0.378 e. The van der Waals surface area contributed by atoms with E-state index in [1.807, 2.05) is 24.1 Å². The van der Waals surface area contributed by atoms with Gasteiger partial charge >= 0.3 is 5.91 Å². The van der Waals surface area contributed by atoms with Crippen molar-refractivity contribution in [2.75, 3.05) is 38.3 Å². The van der Waals surface area contributed by atoms with Crippen LogP contribution in [0.2, 0.25) is 0 Å². The molecule has 4 aliphatic rings. The molecule has 2 amide bonds. The SMILES string of the molecule is Cn1nccc1C(=O)NC1C(=O)[N+](C)(c2cnc(N3CCOCC3)c(F)c2)C2CC23Cc2ccccc2C13. The molecular formula is C28H30FN6O3+. The molecule has 4 heterocycles. The second-order valence-electron chi connectivity index (χ2n) is 11.1. The minimum atomic E-state index is -0.771. The highest BCUT2D eigenvalue weighted by Gasteiger charge is 2.78. The molecular weight excluding hydrogens is 487 g/mol. The summed E-state index contributed by atoms with van der Waals surface area (Å²) < 4.78 is 22.3. The molecule has 1 N–H and O–H groups in total. The molecule has 2 aromatic heterocycles. The Morgan fingerprint density at radius 2 is 2.03 bits per heavy atom. The number of carbonyl (C=O) groups is 2. The van der Waals surface area contributed by atoms with Crippen LogP contribution in [0.25, 0.3) is 0 Å². The monoisotopic (exact) mass is 517 g/mol. The highest BCUT2D eigenvalue weighted by atomic mass is 19.1. The van der Waals surface area contributed by atoms with Gasteiger partial charge in [-0.2, -0.15) is 5.10 Å². The summed E-state index contributed by atoms with van der Waals surface area (Å²) in [6.07, 6.45) is 4.85. The summed E-state index contributed by atoms with van der Waals surface area (Å²) in [5, 5.41) is 7.19. The second kappa shape index (κ2) is 8.18. The number of pyridine rings is 1. The summed E-state index contributed by atoms with van der Waals surface area (Å²) in [5.74, 6) is -0.796. The quantitative estimate of drug-likeness (QED) is 0.534. The number of morpholine rings is 1. The molecule has 196 valence electrons. The first-order valence-corrected chi connectivity index (χ1v) is 13.1. The summed E-state index contributed by atoms with van der Waals surface area (Å²) in [5.41, 5.74) is 3.05. The van der Waals surface area contributed by atoms with Crippen LogP contribution in [-0.2, 0) is 23.0 Å². The lowest BCUT2D eigenvalue weighted by atomic mass is 9.78. The van der Waals surface area contributed by atoms with E-state index in [2.05, 4.69) is 27.5 Å². The van der Waals surface area contributed by atoms with Gasteiger partial charge in [0, 0.05) is 50.2 Å². The number of benzene rings is 1. The lowest BCUT2D eigenvalue weighted by Gasteiger charge is -2.43. The van der Waals surface area contributed by atoms with Crippen molar-refractivity contribution in [1.29, 1.82) is 0 Å². The lowest BCUT2D eigenvalue weighted by molar-refractivity contribution is -0.136. The van der Waals surface area contributed by atoms with Crippen LogP contribution >= 0.6 is 0 Å². The topological polar surface area (TPSA) is 89.3 Å². The van der Waals surface area contributed by atoms with Gasteiger partial charge in [0.15, 0.2) is 23.4 Å². The van der Waals surface area contributed by atoms with E-state index in [4.69, 9.17) is 4.74 Å². The predicted molar refractivity (Wildman–Crippen MR) is 138 cm³/mol. The Morgan fingerprint density at radius 1 is 1.24 bits per heavy atom. The molecule has 0 radical (unpaired) electrons. The molecule has 38 heavy (non-hydrogen) atoms. The smallest absolute Gasteiger partial charge is 0.341 e. The van der Waals surface area contributed by atoms with Gasteiger partial charge in [0.1, 0.15) is 11.7 Å². The van der Waals surface area contributed by atoms with Gasteiger partial charge in [0.2, 0.25) is 0 Å². The summed E-state index contributed by atoms with van der Waals surface area (Å²) >= 11 is 0. The Kier molecular flexibility index (Phi) is 5.06. The molecule has 5 unspecified atom stereocenters. The van der Waals surface area contributed by atoms with Crippen LogP contribution in [0.4, 0.5) is 15.9 Å². The number of hydrogen-bond donors (Lipinski definition) is 1. The number of nitrogens with one attached hydrogen (secondary N) is 1. The van der Waals surface area contributed by atoms with Crippen molar-refractivity contribution in [2.24, 2.45) is 12.5 Å². The largest absolute Gasteiger partial charge is 0.378 e. The number of likely N-dealkylation sites (N-methyl/N-ethyl adjacent to an activating group) is 1. The molecule has 2 aliphatic heterocycles. The van der Waals surface area contributed by atoms with Crippen LogP contribution < -0.4 is 14.7 Å². The molecule has 1 aromatic carbocycles. The Hall–Kier alpha value is -3.63. The maximum absolute atomic E-state index is 15.5. The molecule has 7 rings (SSSR count). The third kappa shape index (κ3) is 3.16. The number of likely N-dealkylation sites (tertiary alicyclic amines) is 1. The van der Waals surface area contributed by atoms with Crippen molar-refractivity contribution in [1.82, 2.24) is 24.6 Å². The lowest BCUT2D eigenvalue weighted by Crippen LogP contribution is -2.67. The Labute approximate surface area is 219 Å². The van der Waals surface area contributed by atoms with Gasteiger partial charge in [-0.25, -0.2) is 18.7 Å². The molecule has 1 saturated carbocycles. The zero-order chi connectivity index (χ0) is 26.2. The van der Waals surface area contributed by atoms with Crippen molar-refractivity contribution in [3.8, 4) is 0 Å². The first-order valence-electron chi connectivity index (χ1n) is 13.1. The van der Waals surface area contributed by atoms with E-state index in [1.54, 1.807) is 25.5 Å². The van der Waals surface area contributed by atoms with Gasteiger partial charge in [-0.1, -0.05) is 24.3 Å². The molecule has 9 nitrogen and oxygen atoms in total. The third-order valence-electron chi connectivity index (χ3n) is 9.28. The first-order chi connectivity index (χ1) is 18.3. The number of halogens is 1. The summed E-state index contributed by atoms with van der Waals surface area (Å²) in [4.78, 5) is 34.2. The molecule has 0 bridgehead atoms. The van der Waals surface area contributed by atoms with Crippen LogP contribution in [0.1, 0.15) is 34.0 Å². The number of aryl methyl sites for hydroxylation is 1. The van der Waals surface area contributed by atoms with E-state index >= 15 is 4.39 Å². The number of ether oxygens (including phenoxy) is 1. The zero-order valence-corrected chi connectivity index (χ0v) is 21.4. The van der Waals surface area contributed by atoms with E-state index in [9.17, 15) is 9.59 Å². The third-order valence-corrected chi connectivity index (χ3v) is 9.28. The summed E-state index contributed by atoms with van der Waals surface area (Å²) in [7, 11) is 3.56. The Morgan fingerprint density at radius 3 is 2.76 bits per heavy atom. The number of anilines is 1. The number of hydrogen-bond acceptors (Lipinski definition) is 6. The molecule has 1 spiro atoms. The van der Waals surface area contributed by atoms with E-state index < -0.39 is 11.9 Å². The van der Waals surface area contributed by atoms with Gasteiger partial charge < -0.3 is 15.0 Å². The summed E-state index contributed by atoms with van der Waals surface area (Å²) in [6, 6.07) is 10.5. The van der Waals surface area contributed by atoms with Gasteiger partial charge in [-0.15, -0.1) is 0 Å². The van der Waals surface area contributed by atoms with Crippen LogP contribution in [0.3, 0.4) is 0 Å². The van der Waals surface area contributed by atoms with Crippen molar-refractivity contribution in [3.63, 3.8) is 0 Å². The van der Waals surface area contributed by atoms with Gasteiger partial charge in [0.25, 0.3) is 5.91 Å². The molecule has 3 fully saturated rings. The number of fused-ring (bicyclic) bond motifs is 2. The molecule has 5 atom stereocenters. The van der Waals surface area contributed by atoms with Crippen molar-refractivity contribution >= 4 is 23.3 Å². The van der Waals surface area contributed by atoms with E-state index in [-0.39, 0.29) is 39.5 Å². The number of quaternary nitrogens is 1. The van der Waals surface area contributed by atoms with Gasteiger partial charge in [-0.05, 0) is 23.6 Å². The molecule has 2 saturated heterocycles. The van der Waals surface area contributed by atoms with Crippen molar-refractivity contribution in [2.45, 2.75) is 30.8 Å². The van der Waals surface area contributed by atoms with Crippen LogP contribution in [0.5, 0.6) is 0 Å². The fraction of sp³-hybridized carbons (Fsp3) is 0.429. The number of nitrogens with zero attached hydrogens (tertiary/aromatic N) is 5. The van der Waals surface area contributed by atoms with Gasteiger partial charge in [-0.3, -0.25) is 9.48 Å². The van der Waals surface area contributed by atoms with Crippen LogP contribution in [0.15, 0.2) is 48.8 Å². The Bertz CT molecular complexity index is 1470. The molecule has 10 heteroatoms. The first kappa shape index (κ1) is 23.5. The van der Waals surface area contributed by atoms with Crippen LogP contribution in [-0.4, -0.2) is 72.0 Å². The van der Waals surface area contributed by atoms with E-state index in [1.165, 1.54) is 16.3 Å². The fourth-order valence-corrected chi connectivity index (χ4v) is 7.34. The van der Waals surface area contributed by atoms with Gasteiger partial charge in [0.05, 0.1) is 26.5 Å². The minimum absolute atomic E-state index is 0.0207. The maximum atomic E-state index is 15.5. The second-order valence-corrected chi connectivity index (χ2v) is 11.1. The Balaban J connectivity index is 1.30. The standard InChI is InChI=1S/C28H29FN6O3/c1-33-21(7-8-31-33)26(36)32-24-23-19-6-4-3-5-17(19)14-28(23)15-22(28)35(2,27(24)37)18-13-20(29)25(30-16-18)34-9-11-38-12-10-34/h3-8,13,16,22-24H,9-12,14-15H2,1-2H3/p+1. The highest BCUT2D eigenvalue weighted by molar-refractivity contribution is 6.01. The average Bonchev–Trinajstić information content (AvgIpc) is 3.32. The number of piperidine rings is 1. The van der Waals surface area contributed by atoms with E-state index in [0.29, 0.717) is 37.7 Å². The van der Waals surface area contributed by atoms with Crippen molar-refractivity contribution < 1.29 is 18.7 Å². The van der Waals surface area contributed by atoms with E-state index in [0.717, 1.165) is 18.4 Å². The van der Waals surface area contributed by atoms with Crippen LogP contribution in [0, 0.1) is 11.2 Å². The number of amides is 2. The number of aromatic nitrogens is 3. The van der Waals surface area contributed by atoms with Crippen molar-refractivity contribution in [3.05, 3.63) is 71.4 Å². The fourth-order valence-electron chi connectivity index (χ4n) is 7.34. The zero-order valence-electron chi connectivity index (χ0n) is 21.4. The number of rotatable bonds is 4. The maximum Gasteiger partial charge on any atom is 0.341 e. The molecule has 3 aromatic rings. The molecule has 2 aliphatic carbocycles. The average molecular weight is 518 g/mol. The number of carbonyl (C=O) groups excluding carboxylic acids is 2. The highest BCUT2D eigenvalue weighted by Crippen LogP contribution is 2.70. The summed E-state index contributed by atoms with van der Waals surface area (Å²) in [6.45, 7) is 2.20.